The second-order valence-corrected chi connectivity index (χ2v) is 7.02. The van der Waals surface area contributed by atoms with Crippen molar-refractivity contribution in [3.63, 3.8) is 0 Å². The van der Waals surface area contributed by atoms with Gasteiger partial charge in [-0.3, -0.25) is 4.79 Å². The first-order valence-corrected chi connectivity index (χ1v) is 9.54. The Labute approximate surface area is 155 Å². The lowest BCUT2D eigenvalue weighted by atomic mass is 10.2. The summed E-state index contributed by atoms with van der Waals surface area (Å²) in [5.41, 5.74) is 2.24. The number of carbonyl (C=O) groups is 1. The summed E-state index contributed by atoms with van der Waals surface area (Å²) < 4.78 is 0. The van der Waals surface area contributed by atoms with E-state index in [1.165, 1.54) is 12.8 Å². The first kappa shape index (κ1) is 16.7. The standard InChI is InChI=1S/C19H19N5OS/c25-18(16-8-9-17(23-22-16)24-10-4-5-11-24)20-12-15-13-26-19(21-15)14-6-2-1-3-7-14/h1-3,6-9,13H,4-5,10-12H2,(H,20,25). The highest BCUT2D eigenvalue weighted by Crippen LogP contribution is 2.23. The van der Waals surface area contributed by atoms with Gasteiger partial charge in [0, 0.05) is 24.0 Å². The van der Waals surface area contributed by atoms with Crippen LogP contribution in [0.3, 0.4) is 0 Å². The van der Waals surface area contributed by atoms with Crippen molar-refractivity contribution in [3.05, 3.63) is 59.2 Å². The Kier molecular flexibility index (Phi) is 4.88. The van der Waals surface area contributed by atoms with E-state index in [2.05, 4.69) is 25.4 Å². The molecule has 1 saturated heterocycles. The molecule has 0 saturated carbocycles. The summed E-state index contributed by atoms with van der Waals surface area (Å²) in [6.45, 7) is 2.39. The van der Waals surface area contributed by atoms with Crippen molar-refractivity contribution >= 4 is 23.1 Å². The maximum Gasteiger partial charge on any atom is 0.272 e. The van der Waals surface area contributed by atoms with E-state index in [0.717, 1.165) is 35.2 Å². The molecule has 0 atom stereocenters. The molecule has 1 N–H and O–H groups in total. The first-order valence-electron chi connectivity index (χ1n) is 8.66. The van der Waals surface area contributed by atoms with Crippen molar-refractivity contribution in [2.75, 3.05) is 18.0 Å². The highest BCUT2D eigenvalue weighted by molar-refractivity contribution is 7.13. The fourth-order valence-corrected chi connectivity index (χ4v) is 3.75. The quantitative estimate of drug-likeness (QED) is 0.752. The average Bonchev–Trinajstić information content (AvgIpc) is 3.39. The molecule has 0 radical (unpaired) electrons. The Bertz CT molecular complexity index is 872. The van der Waals surface area contributed by atoms with E-state index in [0.29, 0.717) is 12.2 Å². The summed E-state index contributed by atoms with van der Waals surface area (Å²) in [6.07, 6.45) is 2.37. The number of nitrogens with zero attached hydrogens (tertiary/aromatic N) is 4. The SMILES string of the molecule is O=C(NCc1csc(-c2ccccc2)n1)c1ccc(N2CCCC2)nn1. The van der Waals surface area contributed by atoms with Gasteiger partial charge in [-0.25, -0.2) is 4.98 Å². The molecular weight excluding hydrogens is 346 g/mol. The van der Waals surface area contributed by atoms with Crippen molar-refractivity contribution in [2.24, 2.45) is 0 Å². The smallest absolute Gasteiger partial charge is 0.272 e. The third-order valence-electron chi connectivity index (χ3n) is 4.32. The zero-order valence-electron chi connectivity index (χ0n) is 14.3. The van der Waals surface area contributed by atoms with Crippen LogP contribution in [0.4, 0.5) is 5.82 Å². The lowest BCUT2D eigenvalue weighted by Crippen LogP contribution is -2.25. The van der Waals surface area contributed by atoms with E-state index in [-0.39, 0.29) is 5.91 Å². The number of hydrogen-bond acceptors (Lipinski definition) is 6. The number of thiazole rings is 1. The minimum atomic E-state index is -0.236. The minimum Gasteiger partial charge on any atom is -0.355 e. The highest BCUT2D eigenvalue weighted by atomic mass is 32.1. The first-order chi connectivity index (χ1) is 12.8. The van der Waals surface area contributed by atoms with E-state index in [1.807, 2.05) is 41.8 Å². The molecule has 1 aliphatic heterocycles. The second kappa shape index (κ2) is 7.61. The Hall–Kier alpha value is -2.80. The molecule has 0 bridgehead atoms. The molecule has 3 aromatic rings. The largest absolute Gasteiger partial charge is 0.355 e. The zero-order chi connectivity index (χ0) is 17.8. The summed E-state index contributed by atoms with van der Waals surface area (Å²) >= 11 is 1.57. The maximum absolute atomic E-state index is 12.3. The molecule has 1 fully saturated rings. The zero-order valence-corrected chi connectivity index (χ0v) is 15.1. The molecule has 3 heterocycles. The molecular formula is C19H19N5OS. The van der Waals surface area contributed by atoms with Crippen LogP contribution in [-0.2, 0) is 6.54 Å². The Morgan fingerprint density at radius 2 is 1.88 bits per heavy atom. The van der Waals surface area contributed by atoms with E-state index >= 15 is 0 Å². The molecule has 4 rings (SSSR count). The Balaban J connectivity index is 1.36. The third kappa shape index (κ3) is 3.72. The monoisotopic (exact) mass is 365 g/mol. The summed E-state index contributed by atoms with van der Waals surface area (Å²) in [5, 5.41) is 14.0. The van der Waals surface area contributed by atoms with Gasteiger partial charge in [-0.15, -0.1) is 21.5 Å². The van der Waals surface area contributed by atoms with Gasteiger partial charge in [0.25, 0.3) is 5.91 Å². The van der Waals surface area contributed by atoms with Gasteiger partial charge in [-0.1, -0.05) is 30.3 Å². The number of anilines is 1. The van der Waals surface area contributed by atoms with Gasteiger partial charge in [-0.05, 0) is 25.0 Å². The predicted octanol–water partition coefficient (Wildman–Crippen LogP) is 3.13. The highest BCUT2D eigenvalue weighted by Gasteiger charge is 2.15. The van der Waals surface area contributed by atoms with Crippen LogP contribution in [-0.4, -0.2) is 34.2 Å². The maximum atomic E-state index is 12.3. The van der Waals surface area contributed by atoms with E-state index in [1.54, 1.807) is 17.4 Å². The van der Waals surface area contributed by atoms with Crippen LogP contribution in [0.15, 0.2) is 47.8 Å². The van der Waals surface area contributed by atoms with Gasteiger partial charge in [0.15, 0.2) is 11.5 Å². The normalized spacial score (nSPS) is 13.8. The van der Waals surface area contributed by atoms with Crippen LogP contribution in [0.2, 0.25) is 0 Å². The average molecular weight is 365 g/mol. The minimum absolute atomic E-state index is 0.236. The Morgan fingerprint density at radius 1 is 1.08 bits per heavy atom. The predicted molar refractivity (Wildman–Crippen MR) is 102 cm³/mol. The van der Waals surface area contributed by atoms with Gasteiger partial charge in [0.05, 0.1) is 12.2 Å². The van der Waals surface area contributed by atoms with Crippen molar-refractivity contribution < 1.29 is 4.79 Å². The summed E-state index contributed by atoms with van der Waals surface area (Å²) in [6, 6.07) is 13.6. The lowest BCUT2D eigenvalue weighted by molar-refractivity contribution is 0.0944. The molecule has 0 unspecified atom stereocenters. The van der Waals surface area contributed by atoms with Crippen molar-refractivity contribution in [1.29, 1.82) is 0 Å². The topological polar surface area (TPSA) is 71.0 Å². The second-order valence-electron chi connectivity index (χ2n) is 6.16. The van der Waals surface area contributed by atoms with Crippen LogP contribution in [0, 0.1) is 0 Å². The number of carbonyl (C=O) groups excluding carboxylic acids is 1. The number of hydrogen-bond donors (Lipinski definition) is 1. The molecule has 0 spiro atoms. The molecule has 1 amide bonds. The van der Waals surface area contributed by atoms with Crippen LogP contribution in [0.1, 0.15) is 29.0 Å². The number of rotatable bonds is 5. The molecule has 132 valence electrons. The molecule has 0 aliphatic carbocycles. The van der Waals surface area contributed by atoms with E-state index in [4.69, 9.17) is 0 Å². The molecule has 6 nitrogen and oxygen atoms in total. The van der Waals surface area contributed by atoms with E-state index < -0.39 is 0 Å². The summed E-state index contributed by atoms with van der Waals surface area (Å²) in [5.74, 6) is 0.603. The van der Waals surface area contributed by atoms with Crippen LogP contribution >= 0.6 is 11.3 Å². The number of aromatic nitrogens is 3. The van der Waals surface area contributed by atoms with Gasteiger partial charge < -0.3 is 10.2 Å². The molecule has 1 aliphatic rings. The van der Waals surface area contributed by atoms with Gasteiger partial charge in [0.1, 0.15) is 5.01 Å². The number of benzene rings is 1. The van der Waals surface area contributed by atoms with Crippen LogP contribution < -0.4 is 10.2 Å². The number of amides is 1. The van der Waals surface area contributed by atoms with Gasteiger partial charge in [-0.2, -0.15) is 0 Å². The lowest BCUT2D eigenvalue weighted by Gasteiger charge is -2.15. The summed E-state index contributed by atoms with van der Waals surface area (Å²) in [4.78, 5) is 19.0. The molecule has 2 aromatic heterocycles. The van der Waals surface area contributed by atoms with Gasteiger partial charge in [0.2, 0.25) is 0 Å². The fraction of sp³-hybridized carbons (Fsp3) is 0.263. The van der Waals surface area contributed by atoms with Crippen LogP contribution in [0.25, 0.3) is 10.6 Å². The van der Waals surface area contributed by atoms with Crippen molar-refractivity contribution in [2.45, 2.75) is 19.4 Å². The Morgan fingerprint density at radius 3 is 2.62 bits per heavy atom. The summed E-state index contributed by atoms with van der Waals surface area (Å²) in [7, 11) is 0. The molecule has 7 heteroatoms. The molecule has 26 heavy (non-hydrogen) atoms. The van der Waals surface area contributed by atoms with Crippen molar-refractivity contribution in [1.82, 2.24) is 20.5 Å². The third-order valence-corrected chi connectivity index (χ3v) is 5.26. The van der Waals surface area contributed by atoms with Crippen LogP contribution in [0.5, 0.6) is 0 Å². The van der Waals surface area contributed by atoms with Gasteiger partial charge >= 0.3 is 0 Å². The van der Waals surface area contributed by atoms with E-state index in [9.17, 15) is 4.79 Å². The molecule has 1 aromatic carbocycles. The number of nitrogens with one attached hydrogen (secondary N) is 1. The van der Waals surface area contributed by atoms with Crippen molar-refractivity contribution in [3.8, 4) is 10.6 Å². The fourth-order valence-electron chi connectivity index (χ4n) is 2.92.